The van der Waals surface area contributed by atoms with Crippen LogP contribution in [-0.2, 0) is 70.1 Å². The number of hydrogen-bond acceptors (Lipinski definition) is 29. The minimum Gasteiger partial charge on any atom is -0.466 e. The van der Waals surface area contributed by atoms with Crippen LogP contribution in [0.1, 0.15) is 111 Å². The molecular weight excluding hydrogens is 1230 g/mol. The van der Waals surface area contributed by atoms with E-state index in [2.05, 4.69) is 77.8 Å². The lowest BCUT2D eigenvalue weighted by molar-refractivity contribution is -0.144. The first kappa shape index (κ1) is 68.6. The SMILES string of the molecule is C=CC(=O)OCCCCOCCCc1nc(-c2cccc(C3N=C(C(=C)/C=C(\C=C\c4nc(-c5cccc(-c6noc(CCC(O)OCCCCOC(=O)C=C)n6)c5)no4)c4nc(-c5cccc(C6N=C(CCC(=O)OCCCCOC(=O)C=C)ON6)c5)no4)ON3)c2)no1. The standard InChI is InChI=1S/C66H70N12O17/c1-5-54(79)85-33-9-8-31-84-32-17-24-50-67-59(73-90-50)45-20-15-22-47(40-45)63-71-65(94-77-63)42(4)38-49(66-72-64(78-95-66)48-23-16-21-46(41-48)62-70-53(93-76-62)28-30-58(83)89-37-13-11-35-87-56(81)7-3)25-26-51-68-60(74-91-51)43-18-14-19-44(39-43)61-69-52(92-75-61)27-29-57(82)88-36-12-10-34-86-55(80)6-2/h5-7,14-16,18-23,25-26,38-41,57,62-63,76-77,82H,1-4,8-13,17,24,27-37H2/b26-25+,49-38+. The number of nitrogens with zero attached hydrogens (tertiary/aromatic N) is 10. The topological polar surface area (TPSA) is 367 Å². The second-order valence-corrected chi connectivity index (χ2v) is 20.9. The molecule has 29 heteroatoms. The summed E-state index contributed by atoms with van der Waals surface area (Å²) in [5.41, 5.74) is 10.5. The number of aliphatic imine (C=N–C) groups is 2. The number of aryl methyl sites for hydroxylation is 2. The van der Waals surface area contributed by atoms with Crippen LogP contribution in [0.4, 0.5) is 0 Å². The number of hydroxylamine groups is 2. The molecule has 0 saturated carbocycles. The summed E-state index contributed by atoms with van der Waals surface area (Å²) in [6.45, 7) is 16.6. The molecule has 0 spiro atoms. The predicted molar refractivity (Wildman–Crippen MR) is 338 cm³/mol. The summed E-state index contributed by atoms with van der Waals surface area (Å²) < 4.78 is 54.0. The molecule has 0 fully saturated rings. The van der Waals surface area contributed by atoms with E-state index in [9.17, 15) is 24.3 Å². The molecule has 0 bridgehead atoms. The molecule has 0 amide bonds. The third-order valence-corrected chi connectivity index (χ3v) is 13.8. The summed E-state index contributed by atoms with van der Waals surface area (Å²) in [7, 11) is 0. The Morgan fingerprint density at radius 1 is 0.558 bits per heavy atom. The van der Waals surface area contributed by atoms with E-state index in [1.165, 1.54) is 0 Å². The van der Waals surface area contributed by atoms with Gasteiger partial charge in [-0.25, -0.2) is 24.4 Å². The number of aromatic nitrogens is 8. The Labute approximate surface area is 544 Å². The average Bonchev–Trinajstić information content (AvgIpc) is 1.83. The van der Waals surface area contributed by atoms with E-state index >= 15 is 0 Å². The molecule has 0 saturated heterocycles. The van der Waals surface area contributed by atoms with Crippen molar-refractivity contribution in [3.63, 3.8) is 0 Å². The van der Waals surface area contributed by atoms with Gasteiger partial charge in [-0.3, -0.25) is 4.79 Å². The zero-order chi connectivity index (χ0) is 66.6. The molecule has 2 aliphatic rings. The van der Waals surface area contributed by atoms with E-state index in [4.69, 9.17) is 66.2 Å². The molecule has 95 heavy (non-hydrogen) atoms. The summed E-state index contributed by atoms with van der Waals surface area (Å²) >= 11 is 0. The smallest absolute Gasteiger partial charge is 0.330 e. The van der Waals surface area contributed by atoms with Crippen molar-refractivity contribution in [2.24, 2.45) is 9.98 Å². The summed E-state index contributed by atoms with van der Waals surface area (Å²) in [6, 6.07) is 21.9. The lowest BCUT2D eigenvalue weighted by atomic mass is 10.1. The van der Waals surface area contributed by atoms with Gasteiger partial charge in [0.1, 0.15) is 0 Å². The van der Waals surface area contributed by atoms with Gasteiger partial charge in [-0.15, -0.1) is 11.0 Å². The number of aliphatic hydroxyl groups excluding tert-OH is 1. The number of aliphatic hydroxyl groups is 1. The van der Waals surface area contributed by atoms with E-state index in [1.54, 1.807) is 42.5 Å². The molecule has 3 atom stereocenters. The molecule has 4 aromatic heterocycles. The number of hydrogen-bond donors (Lipinski definition) is 3. The van der Waals surface area contributed by atoms with E-state index in [1.807, 2.05) is 48.5 Å². The van der Waals surface area contributed by atoms with Gasteiger partial charge >= 0.3 is 23.9 Å². The maximum atomic E-state index is 12.4. The van der Waals surface area contributed by atoms with Crippen molar-refractivity contribution in [2.75, 3.05) is 46.2 Å². The van der Waals surface area contributed by atoms with Crippen LogP contribution in [0.15, 0.2) is 163 Å². The molecule has 0 aliphatic carbocycles. The Hall–Kier alpha value is -10.7. The van der Waals surface area contributed by atoms with Gasteiger partial charge in [0.25, 0.3) is 11.8 Å². The van der Waals surface area contributed by atoms with Crippen LogP contribution in [0.5, 0.6) is 0 Å². The number of carbonyl (C=O) groups is 4. The molecule has 3 N–H and O–H groups in total. The van der Waals surface area contributed by atoms with Crippen LogP contribution in [-0.4, -0.2) is 134 Å². The van der Waals surface area contributed by atoms with Crippen LogP contribution in [0, 0.1) is 0 Å². The van der Waals surface area contributed by atoms with Crippen molar-refractivity contribution in [3.05, 3.63) is 170 Å². The van der Waals surface area contributed by atoms with Gasteiger partial charge in [0.05, 0.1) is 32.8 Å². The number of esters is 4. The second-order valence-electron chi connectivity index (χ2n) is 20.9. The number of allylic oxidation sites excluding steroid dienone is 2. The van der Waals surface area contributed by atoms with Crippen molar-refractivity contribution < 1.29 is 80.5 Å². The number of carbonyl (C=O) groups excluding carboxylic acids is 4. The average molecular weight is 1300 g/mol. The summed E-state index contributed by atoms with van der Waals surface area (Å²) in [4.78, 5) is 85.6. The number of ether oxygens (including phenoxy) is 6. The van der Waals surface area contributed by atoms with Crippen LogP contribution < -0.4 is 11.0 Å². The lowest BCUT2D eigenvalue weighted by Gasteiger charge is -2.10. The third kappa shape index (κ3) is 21.4. The van der Waals surface area contributed by atoms with Crippen LogP contribution >= 0.6 is 0 Å². The fraction of sp³-hybridized carbons (Fsp3) is 0.333. The Balaban J connectivity index is 0.856. The van der Waals surface area contributed by atoms with Gasteiger partial charge < -0.3 is 61.3 Å². The maximum Gasteiger partial charge on any atom is 0.330 e. The summed E-state index contributed by atoms with van der Waals surface area (Å²) in [6.07, 6.45) is 11.4. The molecular formula is C66H70N12O17. The Bertz CT molecular complexity index is 3900. The van der Waals surface area contributed by atoms with Gasteiger partial charge in [0.15, 0.2) is 18.6 Å². The molecule has 0 radical (unpaired) electrons. The van der Waals surface area contributed by atoms with E-state index < -0.39 is 42.5 Å². The molecule has 3 unspecified atom stereocenters. The number of rotatable bonds is 40. The number of unbranched alkanes of at least 4 members (excludes halogenated alkanes) is 3. The Morgan fingerprint density at radius 2 is 1.07 bits per heavy atom. The quantitative estimate of drug-likeness (QED) is 0.00804. The monoisotopic (exact) mass is 1300 g/mol. The van der Waals surface area contributed by atoms with Gasteiger partial charge in [0.2, 0.25) is 46.9 Å². The minimum absolute atomic E-state index is 0.0405. The maximum absolute atomic E-state index is 12.4. The van der Waals surface area contributed by atoms with Crippen LogP contribution in [0.2, 0.25) is 0 Å². The number of nitrogens with one attached hydrogen (secondary N) is 2. The highest BCUT2D eigenvalue weighted by atomic mass is 16.7. The van der Waals surface area contributed by atoms with Gasteiger partial charge in [-0.1, -0.05) is 102 Å². The Kier molecular flexibility index (Phi) is 26.0. The van der Waals surface area contributed by atoms with Crippen molar-refractivity contribution in [3.8, 4) is 45.6 Å². The van der Waals surface area contributed by atoms with Crippen LogP contribution in [0.3, 0.4) is 0 Å². The first-order valence-electron chi connectivity index (χ1n) is 30.5. The molecule has 496 valence electrons. The molecule has 7 aromatic rings. The first-order chi connectivity index (χ1) is 46.4. The normalized spacial score (nSPS) is 14.7. The van der Waals surface area contributed by atoms with Crippen molar-refractivity contribution in [1.29, 1.82) is 0 Å². The fourth-order valence-corrected chi connectivity index (χ4v) is 8.92. The van der Waals surface area contributed by atoms with E-state index in [0.29, 0.717) is 133 Å². The molecule has 29 nitrogen and oxygen atoms in total. The van der Waals surface area contributed by atoms with Crippen LogP contribution in [0.25, 0.3) is 57.2 Å². The van der Waals surface area contributed by atoms with Crippen molar-refractivity contribution >= 4 is 47.3 Å². The van der Waals surface area contributed by atoms with E-state index in [-0.39, 0.29) is 81.4 Å². The lowest BCUT2D eigenvalue weighted by Crippen LogP contribution is -2.15. The molecule has 6 heterocycles. The second kappa shape index (κ2) is 35.9. The predicted octanol–water partition coefficient (Wildman–Crippen LogP) is 9.17. The largest absolute Gasteiger partial charge is 0.466 e. The van der Waals surface area contributed by atoms with Crippen molar-refractivity contribution in [1.82, 2.24) is 51.5 Å². The highest BCUT2D eigenvalue weighted by Gasteiger charge is 2.26. The fourth-order valence-electron chi connectivity index (χ4n) is 8.92. The van der Waals surface area contributed by atoms with Gasteiger partial charge in [-0.2, -0.15) is 19.9 Å². The number of benzene rings is 3. The first-order valence-corrected chi connectivity index (χ1v) is 30.5. The zero-order valence-corrected chi connectivity index (χ0v) is 51.8. The van der Waals surface area contributed by atoms with Crippen molar-refractivity contribution in [2.45, 2.75) is 95.7 Å². The molecule has 9 rings (SSSR count). The van der Waals surface area contributed by atoms with Gasteiger partial charge in [0, 0.05) is 103 Å². The summed E-state index contributed by atoms with van der Waals surface area (Å²) in [5.74, 6) is 0.775. The third-order valence-electron chi connectivity index (χ3n) is 13.8. The molecule has 3 aromatic carbocycles. The zero-order valence-electron chi connectivity index (χ0n) is 51.8. The summed E-state index contributed by atoms with van der Waals surface area (Å²) in [5, 5.41) is 27.3. The highest BCUT2D eigenvalue weighted by molar-refractivity contribution is 5.99. The highest BCUT2D eigenvalue weighted by Crippen LogP contribution is 2.31. The Morgan fingerprint density at radius 3 is 1.72 bits per heavy atom. The minimum atomic E-state index is -1.06. The van der Waals surface area contributed by atoms with Gasteiger partial charge in [-0.05, 0) is 86.4 Å². The van der Waals surface area contributed by atoms with E-state index in [0.717, 1.165) is 30.2 Å². The molecule has 2 aliphatic heterocycles.